The Morgan fingerprint density at radius 1 is 0.881 bits per heavy atom. The quantitative estimate of drug-likeness (QED) is 0.104. The molecule has 3 aromatic carbocycles. The highest BCUT2D eigenvalue weighted by Gasteiger charge is 2.14. The van der Waals surface area contributed by atoms with Crippen LogP contribution in [-0.4, -0.2) is 39.9 Å². The molecule has 0 aliphatic rings. The number of unbranched alkanes of at least 4 members (excludes halogenated alkanes) is 1. The molecule has 0 fully saturated rings. The van der Waals surface area contributed by atoms with Crippen LogP contribution in [-0.2, 0) is 22.6 Å². The Hall–Kier alpha value is -3.94. The third-order valence-electron chi connectivity index (χ3n) is 6.68. The maximum absolute atomic E-state index is 11.5. The van der Waals surface area contributed by atoms with Crippen molar-refractivity contribution in [2.75, 3.05) is 13.2 Å². The largest absolute Gasteiger partial charge is 0.494 e. The van der Waals surface area contributed by atoms with Gasteiger partial charge in [-0.1, -0.05) is 59.6 Å². The number of carboxylic acid groups (broad SMARTS) is 2. The number of aromatic nitrogens is 1. The highest BCUT2D eigenvalue weighted by atomic mass is 35.5. The number of ether oxygens (including phenoxy) is 2. The van der Waals surface area contributed by atoms with Gasteiger partial charge in [0, 0.05) is 30.1 Å². The number of hydrogen-bond donors (Lipinski definition) is 2. The second-order valence-corrected chi connectivity index (χ2v) is 10.8. The van der Waals surface area contributed by atoms with Gasteiger partial charge in [-0.3, -0.25) is 9.59 Å². The predicted molar refractivity (Wildman–Crippen MR) is 167 cm³/mol. The SMILES string of the molecule is Cc1cc(Cl)c(OCCCCOc2ccc(/C=C/c3cccc4c3c(CC(=O)O)cn4CCCC(=O)O)cc2)c(Cl)c1. The first kappa shape index (κ1) is 31.0. The molecule has 0 spiro atoms. The molecule has 0 aliphatic carbocycles. The van der Waals surface area contributed by atoms with Crippen LogP contribution in [0.4, 0.5) is 0 Å². The molecule has 1 aromatic heterocycles. The number of rotatable bonds is 15. The molecule has 0 aliphatic heterocycles. The Bertz CT molecular complexity index is 1550. The van der Waals surface area contributed by atoms with Crippen molar-refractivity contribution in [3.05, 3.63) is 93.1 Å². The summed E-state index contributed by atoms with van der Waals surface area (Å²) in [6.45, 7) is 3.46. The van der Waals surface area contributed by atoms with Crippen LogP contribution in [0.3, 0.4) is 0 Å². The summed E-state index contributed by atoms with van der Waals surface area (Å²) in [5.41, 5.74) is 4.44. The van der Waals surface area contributed by atoms with Gasteiger partial charge in [0.2, 0.25) is 0 Å². The van der Waals surface area contributed by atoms with Crippen molar-refractivity contribution in [3.63, 3.8) is 0 Å². The highest BCUT2D eigenvalue weighted by Crippen LogP contribution is 2.34. The highest BCUT2D eigenvalue weighted by molar-refractivity contribution is 6.37. The van der Waals surface area contributed by atoms with Gasteiger partial charge in [0.25, 0.3) is 0 Å². The molecule has 2 N–H and O–H groups in total. The summed E-state index contributed by atoms with van der Waals surface area (Å²) in [4.78, 5) is 22.5. The maximum atomic E-state index is 11.5. The fraction of sp³-hybridized carbons (Fsp3) is 0.273. The number of aryl methyl sites for hydroxylation is 2. The average molecular weight is 611 g/mol. The third-order valence-corrected chi connectivity index (χ3v) is 7.24. The molecule has 9 heteroatoms. The van der Waals surface area contributed by atoms with Gasteiger partial charge in [0.1, 0.15) is 5.75 Å². The van der Waals surface area contributed by atoms with Crippen LogP contribution in [0.15, 0.2) is 60.8 Å². The lowest BCUT2D eigenvalue weighted by Gasteiger charge is -2.11. The van der Waals surface area contributed by atoms with E-state index in [0.29, 0.717) is 47.5 Å². The zero-order valence-corrected chi connectivity index (χ0v) is 24.8. The molecule has 0 radical (unpaired) electrons. The minimum absolute atomic E-state index is 0.0559. The number of carbonyl (C=O) groups is 2. The number of benzene rings is 3. The van der Waals surface area contributed by atoms with Crippen LogP contribution in [0.25, 0.3) is 23.1 Å². The van der Waals surface area contributed by atoms with E-state index in [2.05, 4.69) is 0 Å². The van der Waals surface area contributed by atoms with E-state index < -0.39 is 11.9 Å². The Balaban J connectivity index is 1.33. The van der Waals surface area contributed by atoms with Gasteiger partial charge >= 0.3 is 11.9 Å². The Morgan fingerprint density at radius 2 is 1.57 bits per heavy atom. The summed E-state index contributed by atoms with van der Waals surface area (Å²) in [7, 11) is 0. The van der Waals surface area contributed by atoms with Crippen LogP contribution in [0.2, 0.25) is 10.0 Å². The van der Waals surface area contributed by atoms with Crippen molar-refractivity contribution in [2.24, 2.45) is 0 Å². The van der Waals surface area contributed by atoms with Crippen molar-refractivity contribution in [2.45, 2.75) is 45.6 Å². The standard InChI is InChI=1S/C33H33Cl2NO6/c1-22-18-27(34)33(28(35)19-22)42-17-3-2-16-41-26-13-10-23(11-14-26)9-12-24-6-4-7-29-32(24)25(20-31(39)40)21-36(29)15-5-8-30(37)38/h4,6-7,9-14,18-19,21H,2-3,5,8,15-17,20H2,1H3,(H,37,38)(H,39,40)/b12-9+. The van der Waals surface area contributed by atoms with Gasteiger partial charge in [-0.15, -0.1) is 0 Å². The molecule has 0 saturated carbocycles. The van der Waals surface area contributed by atoms with E-state index in [9.17, 15) is 14.7 Å². The molecule has 7 nitrogen and oxygen atoms in total. The summed E-state index contributed by atoms with van der Waals surface area (Å²) in [5, 5.41) is 20.3. The van der Waals surface area contributed by atoms with E-state index in [-0.39, 0.29) is 12.8 Å². The van der Waals surface area contributed by atoms with Crippen molar-refractivity contribution in [3.8, 4) is 11.5 Å². The number of hydrogen-bond acceptors (Lipinski definition) is 4. The van der Waals surface area contributed by atoms with Crippen molar-refractivity contribution in [1.29, 1.82) is 0 Å². The molecule has 1 heterocycles. The first-order valence-electron chi connectivity index (χ1n) is 13.7. The Morgan fingerprint density at radius 3 is 2.24 bits per heavy atom. The monoisotopic (exact) mass is 609 g/mol. The number of fused-ring (bicyclic) bond motifs is 1. The molecule has 0 saturated heterocycles. The lowest BCUT2D eigenvalue weighted by atomic mass is 10.0. The van der Waals surface area contributed by atoms with Gasteiger partial charge in [0.15, 0.2) is 5.75 Å². The fourth-order valence-corrected chi connectivity index (χ4v) is 5.45. The molecule has 0 amide bonds. The lowest BCUT2D eigenvalue weighted by Crippen LogP contribution is -2.03. The molecule has 4 rings (SSSR count). The lowest BCUT2D eigenvalue weighted by molar-refractivity contribution is -0.137. The molecule has 42 heavy (non-hydrogen) atoms. The number of halogens is 2. The molecule has 0 atom stereocenters. The number of aliphatic carboxylic acids is 2. The topological polar surface area (TPSA) is 98.0 Å². The van der Waals surface area contributed by atoms with E-state index in [1.165, 1.54) is 0 Å². The van der Waals surface area contributed by atoms with Crippen LogP contribution in [0, 0.1) is 6.92 Å². The summed E-state index contributed by atoms with van der Waals surface area (Å²) in [6, 6.07) is 17.2. The number of nitrogens with zero attached hydrogens (tertiary/aromatic N) is 1. The van der Waals surface area contributed by atoms with Crippen molar-refractivity contribution < 1.29 is 29.3 Å². The molecule has 220 valence electrons. The van der Waals surface area contributed by atoms with Gasteiger partial charge in [-0.25, -0.2) is 0 Å². The van der Waals surface area contributed by atoms with E-state index in [1.54, 1.807) is 0 Å². The minimum atomic E-state index is -0.915. The van der Waals surface area contributed by atoms with Crippen molar-refractivity contribution >= 4 is 58.2 Å². The molecule has 0 bridgehead atoms. The van der Waals surface area contributed by atoms with E-state index in [4.69, 9.17) is 37.8 Å². The normalized spacial score (nSPS) is 11.3. The summed E-state index contributed by atoms with van der Waals surface area (Å²) < 4.78 is 13.6. The van der Waals surface area contributed by atoms with E-state index >= 15 is 0 Å². The van der Waals surface area contributed by atoms with Crippen LogP contribution in [0.5, 0.6) is 11.5 Å². The van der Waals surface area contributed by atoms with Crippen molar-refractivity contribution in [1.82, 2.24) is 4.57 Å². The van der Waals surface area contributed by atoms with Gasteiger partial charge < -0.3 is 24.3 Å². The molecule has 4 aromatic rings. The zero-order valence-electron chi connectivity index (χ0n) is 23.3. The van der Waals surface area contributed by atoms with Gasteiger partial charge in [0.05, 0.1) is 29.7 Å². The maximum Gasteiger partial charge on any atom is 0.307 e. The first-order valence-corrected chi connectivity index (χ1v) is 14.5. The third kappa shape index (κ3) is 8.54. The van der Waals surface area contributed by atoms with Gasteiger partial charge in [-0.05, 0) is 78.8 Å². The van der Waals surface area contributed by atoms with Crippen LogP contribution < -0.4 is 9.47 Å². The second kappa shape index (κ2) is 14.8. The summed E-state index contributed by atoms with van der Waals surface area (Å²) in [5.74, 6) is -0.489. The minimum Gasteiger partial charge on any atom is -0.494 e. The Kier molecular flexibility index (Phi) is 10.9. The van der Waals surface area contributed by atoms with E-state index in [1.807, 2.05) is 84.4 Å². The van der Waals surface area contributed by atoms with E-state index in [0.717, 1.165) is 46.2 Å². The second-order valence-electron chi connectivity index (χ2n) is 10.0. The van der Waals surface area contributed by atoms with Crippen LogP contribution >= 0.6 is 23.2 Å². The summed E-state index contributed by atoms with van der Waals surface area (Å²) >= 11 is 12.4. The smallest absolute Gasteiger partial charge is 0.307 e. The average Bonchev–Trinajstić information content (AvgIpc) is 3.28. The predicted octanol–water partition coefficient (Wildman–Crippen LogP) is 8.16. The Labute approximate surface area is 254 Å². The molecule has 0 unspecified atom stereocenters. The molecular formula is C33H33Cl2NO6. The fourth-order valence-electron chi connectivity index (χ4n) is 4.74. The zero-order chi connectivity index (χ0) is 30.1. The first-order chi connectivity index (χ1) is 20.2. The molecular weight excluding hydrogens is 577 g/mol. The number of carboxylic acids is 2. The summed E-state index contributed by atoms with van der Waals surface area (Å²) in [6.07, 6.45) is 7.77. The van der Waals surface area contributed by atoms with Crippen LogP contribution in [0.1, 0.15) is 47.9 Å². The van der Waals surface area contributed by atoms with Gasteiger partial charge in [-0.2, -0.15) is 0 Å².